The van der Waals surface area contributed by atoms with Gasteiger partial charge in [0.1, 0.15) is 11.9 Å². The van der Waals surface area contributed by atoms with Crippen LogP contribution < -0.4 is 5.32 Å². The molecule has 2 aromatic rings. The molecule has 1 atom stereocenters. The number of carbonyl (C=O) groups excluding carboxylic acids is 2. The molecular formula is C20H21FN2O3S. The highest BCUT2D eigenvalue weighted by Crippen LogP contribution is 2.25. The summed E-state index contributed by atoms with van der Waals surface area (Å²) in [4.78, 5) is 26.3. The number of carbonyl (C=O) groups is 2. The second kappa shape index (κ2) is 9.01. The summed E-state index contributed by atoms with van der Waals surface area (Å²) >= 11 is 1.45. The molecule has 2 amide bonds. The zero-order valence-corrected chi connectivity index (χ0v) is 15.8. The minimum absolute atomic E-state index is 0.0429. The van der Waals surface area contributed by atoms with Gasteiger partial charge < -0.3 is 15.0 Å². The van der Waals surface area contributed by atoms with Crippen LogP contribution in [0.4, 0.5) is 10.1 Å². The molecule has 0 spiro atoms. The quantitative estimate of drug-likeness (QED) is 0.797. The molecule has 0 saturated carbocycles. The molecule has 142 valence electrons. The van der Waals surface area contributed by atoms with Gasteiger partial charge in [0.15, 0.2) is 0 Å². The highest BCUT2D eigenvalue weighted by molar-refractivity contribution is 8.00. The summed E-state index contributed by atoms with van der Waals surface area (Å²) in [5.41, 5.74) is 1.60. The number of anilines is 1. The van der Waals surface area contributed by atoms with E-state index in [1.807, 2.05) is 24.3 Å². The van der Waals surface area contributed by atoms with Crippen molar-refractivity contribution in [1.82, 2.24) is 4.90 Å². The van der Waals surface area contributed by atoms with E-state index < -0.39 is 0 Å². The van der Waals surface area contributed by atoms with Crippen LogP contribution in [0.25, 0.3) is 0 Å². The van der Waals surface area contributed by atoms with Gasteiger partial charge in [-0.15, -0.1) is 11.8 Å². The number of halogens is 1. The molecule has 0 bridgehead atoms. The molecule has 1 heterocycles. The summed E-state index contributed by atoms with van der Waals surface area (Å²) in [6, 6.07) is 13.6. The molecular weight excluding hydrogens is 367 g/mol. The fraction of sp³-hybridized carbons (Fsp3) is 0.300. The molecule has 1 saturated heterocycles. The monoisotopic (exact) mass is 388 g/mol. The molecule has 0 aromatic heterocycles. The van der Waals surface area contributed by atoms with Crippen LogP contribution in [-0.2, 0) is 14.3 Å². The van der Waals surface area contributed by atoms with Gasteiger partial charge in [0.2, 0.25) is 11.8 Å². The highest BCUT2D eigenvalue weighted by atomic mass is 32.2. The van der Waals surface area contributed by atoms with Gasteiger partial charge in [-0.3, -0.25) is 9.59 Å². The fourth-order valence-corrected chi connectivity index (χ4v) is 3.63. The van der Waals surface area contributed by atoms with E-state index in [9.17, 15) is 14.0 Å². The second-order valence-electron chi connectivity index (χ2n) is 6.24. The van der Waals surface area contributed by atoms with Gasteiger partial charge in [0.05, 0.1) is 18.9 Å². The van der Waals surface area contributed by atoms with Gasteiger partial charge in [-0.2, -0.15) is 0 Å². The Morgan fingerprint density at radius 1 is 1.19 bits per heavy atom. The predicted molar refractivity (Wildman–Crippen MR) is 103 cm³/mol. The number of hydrogen-bond donors (Lipinski definition) is 1. The van der Waals surface area contributed by atoms with Crippen LogP contribution in [0.15, 0.2) is 53.4 Å². The summed E-state index contributed by atoms with van der Waals surface area (Å²) in [5, 5.41) is 2.71. The lowest BCUT2D eigenvalue weighted by Crippen LogP contribution is -2.43. The van der Waals surface area contributed by atoms with Crippen molar-refractivity contribution < 1.29 is 18.7 Å². The van der Waals surface area contributed by atoms with Crippen molar-refractivity contribution in [3.63, 3.8) is 0 Å². The van der Waals surface area contributed by atoms with Crippen molar-refractivity contribution in [3.8, 4) is 0 Å². The van der Waals surface area contributed by atoms with E-state index >= 15 is 0 Å². The highest BCUT2D eigenvalue weighted by Gasteiger charge is 2.25. The first-order valence-corrected chi connectivity index (χ1v) is 9.65. The Labute approximate surface area is 161 Å². The zero-order chi connectivity index (χ0) is 19.2. The Hall–Kier alpha value is -2.38. The van der Waals surface area contributed by atoms with Gasteiger partial charge in [-0.25, -0.2) is 4.39 Å². The smallest absolute Gasteiger partial charge is 0.233 e. The molecule has 27 heavy (non-hydrogen) atoms. The van der Waals surface area contributed by atoms with Crippen molar-refractivity contribution in [2.75, 3.05) is 30.8 Å². The van der Waals surface area contributed by atoms with Crippen molar-refractivity contribution in [2.45, 2.75) is 17.9 Å². The Morgan fingerprint density at radius 3 is 2.56 bits per heavy atom. The third kappa shape index (κ3) is 5.55. The summed E-state index contributed by atoms with van der Waals surface area (Å²) in [7, 11) is 0. The number of amides is 2. The van der Waals surface area contributed by atoms with Crippen LogP contribution in [-0.4, -0.2) is 42.2 Å². The molecule has 1 aliphatic rings. The fourth-order valence-electron chi connectivity index (χ4n) is 2.83. The van der Waals surface area contributed by atoms with E-state index in [1.54, 1.807) is 17.0 Å². The lowest BCUT2D eigenvalue weighted by molar-refractivity contribution is -0.136. The van der Waals surface area contributed by atoms with Gasteiger partial charge in [-0.05, 0) is 42.0 Å². The van der Waals surface area contributed by atoms with Crippen molar-refractivity contribution in [1.29, 1.82) is 0 Å². The standard InChI is InChI=1S/C20H21FN2O3S/c1-14(24)22-17-6-8-18(9-7-17)27-13-20(25)23-10-11-26-19(12-23)15-2-4-16(21)5-3-15/h2-9,19H,10-13H2,1H3,(H,22,24). The third-order valence-corrected chi connectivity index (χ3v) is 5.19. The molecule has 7 heteroatoms. The Kier molecular flexibility index (Phi) is 6.47. The lowest BCUT2D eigenvalue weighted by Gasteiger charge is -2.33. The molecule has 1 N–H and O–H groups in total. The third-order valence-electron chi connectivity index (χ3n) is 4.20. The van der Waals surface area contributed by atoms with E-state index in [1.165, 1.54) is 30.8 Å². The first-order valence-electron chi connectivity index (χ1n) is 8.66. The Balaban J connectivity index is 1.53. The van der Waals surface area contributed by atoms with Crippen LogP contribution in [0.3, 0.4) is 0 Å². The number of hydrogen-bond acceptors (Lipinski definition) is 4. The van der Waals surface area contributed by atoms with E-state index in [2.05, 4.69) is 5.32 Å². The summed E-state index contributed by atoms with van der Waals surface area (Å²) in [5.74, 6) is -0.0336. The molecule has 5 nitrogen and oxygen atoms in total. The SMILES string of the molecule is CC(=O)Nc1ccc(SCC(=O)N2CCOC(c3ccc(F)cc3)C2)cc1. The van der Waals surface area contributed by atoms with E-state index in [-0.39, 0.29) is 23.7 Å². The minimum atomic E-state index is -0.289. The number of benzene rings is 2. The van der Waals surface area contributed by atoms with Crippen LogP contribution in [0.1, 0.15) is 18.6 Å². The largest absolute Gasteiger partial charge is 0.370 e. The maximum absolute atomic E-state index is 13.1. The number of ether oxygens (including phenoxy) is 1. The Bertz CT molecular complexity index is 796. The lowest BCUT2D eigenvalue weighted by atomic mass is 10.1. The summed E-state index contributed by atoms with van der Waals surface area (Å²) < 4.78 is 18.8. The topological polar surface area (TPSA) is 58.6 Å². The zero-order valence-electron chi connectivity index (χ0n) is 15.0. The number of rotatable bonds is 5. The molecule has 1 aliphatic heterocycles. The average Bonchev–Trinajstić information content (AvgIpc) is 2.67. The summed E-state index contributed by atoms with van der Waals surface area (Å²) in [6.07, 6.45) is -0.231. The van der Waals surface area contributed by atoms with Crippen molar-refractivity contribution >= 4 is 29.3 Å². The van der Waals surface area contributed by atoms with E-state index in [4.69, 9.17) is 4.74 Å². The predicted octanol–water partition coefficient (Wildman–Crippen LogP) is 3.48. The average molecular weight is 388 g/mol. The maximum Gasteiger partial charge on any atom is 0.233 e. The minimum Gasteiger partial charge on any atom is -0.370 e. The van der Waals surface area contributed by atoms with Gasteiger partial charge in [0, 0.05) is 24.1 Å². The number of thioether (sulfide) groups is 1. The van der Waals surface area contributed by atoms with Crippen molar-refractivity contribution in [2.24, 2.45) is 0 Å². The first kappa shape index (κ1) is 19.4. The molecule has 1 fully saturated rings. The van der Waals surface area contributed by atoms with Crippen LogP contribution in [0.2, 0.25) is 0 Å². The number of nitrogens with one attached hydrogen (secondary N) is 1. The molecule has 2 aromatic carbocycles. The van der Waals surface area contributed by atoms with Crippen LogP contribution in [0.5, 0.6) is 0 Å². The second-order valence-corrected chi connectivity index (χ2v) is 7.29. The number of morpholine rings is 1. The summed E-state index contributed by atoms with van der Waals surface area (Å²) in [6.45, 7) is 2.94. The van der Waals surface area contributed by atoms with Crippen molar-refractivity contribution in [3.05, 3.63) is 59.9 Å². The molecule has 0 radical (unpaired) electrons. The van der Waals surface area contributed by atoms with Crippen LogP contribution >= 0.6 is 11.8 Å². The van der Waals surface area contributed by atoms with E-state index in [0.717, 1.165) is 16.1 Å². The van der Waals surface area contributed by atoms with Gasteiger partial charge in [0.25, 0.3) is 0 Å². The van der Waals surface area contributed by atoms with Gasteiger partial charge in [-0.1, -0.05) is 12.1 Å². The molecule has 1 unspecified atom stereocenters. The van der Waals surface area contributed by atoms with Crippen LogP contribution in [0, 0.1) is 5.82 Å². The molecule has 3 rings (SSSR count). The van der Waals surface area contributed by atoms with Gasteiger partial charge >= 0.3 is 0 Å². The van der Waals surface area contributed by atoms with E-state index in [0.29, 0.717) is 25.4 Å². The number of nitrogens with zero attached hydrogens (tertiary/aromatic N) is 1. The maximum atomic E-state index is 13.1. The first-order chi connectivity index (χ1) is 13.0. The normalized spacial score (nSPS) is 16.8. The molecule has 0 aliphatic carbocycles. The Morgan fingerprint density at radius 2 is 1.89 bits per heavy atom.